The van der Waals surface area contributed by atoms with E-state index in [4.69, 9.17) is 9.72 Å². The number of fused-ring (bicyclic) bond motifs is 1. The maximum absolute atomic E-state index is 6.06. The molecule has 2 aromatic rings. The first-order valence-electron chi connectivity index (χ1n) is 8.85. The monoisotopic (exact) mass is 342 g/mol. The Morgan fingerprint density at radius 1 is 1.17 bits per heavy atom. The Morgan fingerprint density at radius 2 is 2.04 bits per heavy atom. The van der Waals surface area contributed by atoms with Crippen molar-refractivity contribution in [2.24, 2.45) is 0 Å². The number of nitrogens with zero attached hydrogens (tertiary/aromatic N) is 4. The maximum Gasteiger partial charge on any atom is 0.205 e. The summed E-state index contributed by atoms with van der Waals surface area (Å²) in [7, 11) is 0. The van der Waals surface area contributed by atoms with Crippen molar-refractivity contribution in [1.82, 2.24) is 14.3 Å². The van der Waals surface area contributed by atoms with E-state index in [1.54, 1.807) is 11.5 Å². The number of hydrogen-bond acceptors (Lipinski definition) is 6. The molecule has 2 unspecified atom stereocenters. The Balaban J connectivity index is 1.30. The smallest absolute Gasteiger partial charge is 0.205 e. The van der Waals surface area contributed by atoms with Crippen LogP contribution in [0.2, 0.25) is 0 Å². The van der Waals surface area contributed by atoms with Crippen molar-refractivity contribution in [1.29, 1.82) is 0 Å². The number of benzene rings is 1. The lowest BCUT2D eigenvalue weighted by Crippen LogP contribution is -2.50. The summed E-state index contributed by atoms with van der Waals surface area (Å²) >= 11 is 1.56. The van der Waals surface area contributed by atoms with Crippen LogP contribution in [0.3, 0.4) is 0 Å². The summed E-state index contributed by atoms with van der Waals surface area (Å²) in [5.41, 5.74) is 1.38. The third kappa shape index (κ3) is 2.83. The van der Waals surface area contributed by atoms with E-state index in [2.05, 4.69) is 44.5 Å². The lowest BCUT2D eigenvalue weighted by Gasteiger charge is -2.36. The predicted molar refractivity (Wildman–Crippen MR) is 94.5 cm³/mol. The van der Waals surface area contributed by atoms with Gasteiger partial charge in [-0.2, -0.15) is 4.37 Å². The molecule has 5 rings (SSSR count). The van der Waals surface area contributed by atoms with E-state index < -0.39 is 0 Å². The number of anilines is 1. The number of ether oxygens (including phenoxy) is 1. The molecule has 5 nitrogen and oxygen atoms in total. The fraction of sp³-hybridized carbons (Fsp3) is 0.556. The second-order valence-electron chi connectivity index (χ2n) is 7.05. The van der Waals surface area contributed by atoms with Crippen LogP contribution in [0.4, 0.5) is 5.13 Å². The van der Waals surface area contributed by atoms with Crippen molar-refractivity contribution in [3.05, 3.63) is 41.7 Å². The van der Waals surface area contributed by atoms with Gasteiger partial charge in [0, 0.05) is 43.6 Å². The standard InChI is InChI=1S/C18H22N4OS/c1-2-4-13(5-3-1)10-21-8-9-23-16-12-22(11-15(16)21)18-19-17(20-24-18)14-6-7-14/h1-5,14-16H,6-12H2. The number of morpholine rings is 1. The second-order valence-corrected chi connectivity index (χ2v) is 7.78. The van der Waals surface area contributed by atoms with Gasteiger partial charge in [0.2, 0.25) is 5.13 Å². The molecule has 24 heavy (non-hydrogen) atoms. The highest BCUT2D eigenvalue weighted by molar-refractivity contribution is 7.09. The zero-order valence-corrected chi connectivity index (χ0v) is 14.5. The minimum Gasteiger partial charge on any atom is -0.373 e. The van der Waals surface area contributed by atoms with Gasteiger partial charge in [-0.15, -0.1) is 0 Å². The molecule has 0 amide bonds. The molecule has 0 spiro atoms. The third-order valence-corrected chi connectivity index (χ3v) is 6.08. The van der Waals surface area contributed by atoms with Gasteiger partial charge in [-0.25, -0.2) is 4.98 Å². The van der Waals surface area contributed by atoms with Gasteiger partial charge in [-0.05, 0) is 18.4 Å². The minimum absolute atomic E-state index is 0.288. The molecule has 1 aliphatic carbocycles. The highest BCUT2D eigenvalue weighted by Crippen LogP contribution is 2.40. The molecule has 3 heterocycles. The number of aromatic nitrogens is 2. The lowest BCUT2D eigenvalue weighted by atomic mass is 10.1. The summed E-state index contributed by atoms with van der Waals surface area (Å²) in [5.74, 6) is 1.69. The molecule has 2 atom stereocenters. The van der Waals surface area contributed by atoms with Crippen LogP contribution in [0.15, 0.2) is 30.3 Å². The van der Waals surface area contributed by atoms with Crippen LogP contribution in [0.5, 0.6) is 0 Å². The van der Waals surface area contributed by atoms with E-state index in [1.165, 1.54) is 18.4 Å². The van der Waals surface area contributed by atoms with Gasteiger partial charge in [0.05, 0.1) is 18.8 Å². The molecule has 0 radical (unpaired) electrons. The Labute approximate surface area is 146 Å². The van der Waals surface area contributed by atoms with Crippen LogP contribution >= 0.6 is 11.5 Å². The fourth-order valence-corrected chi connectivity index (χ4v) is 4.55. The molecule has 0 N–H and O–H groups in total. The molecule has 1 aromatic heterocycles. The van der Waals surface area contributed by atoms with E-state index in [0.29, 0.717) is 12.0 Å². The highest BCUT2D eigenvalue weighted by atomic mass is 32.1. The van der Waals surface area contributed by atoms with Gasteiger partial charge in [0.25, 0.3) is 0 Å². The van der Waals surface area contributed by atoms with Gasteiger partial charge in [0.15, 0.2) is 0 Å². The largest absolute Gasteiger partial charge is 0.373 e. The van der Waals surface area contributed by atoms with Gasteiger partial charge in [-0.3, -0.25) is 4.90 Å². The number of hydrogen-bond donors (Lipinski definition) is 0. The van der Waals surface area contributed by atoms with Gasteiger partial charge in [0.1, 0.15) is 5.82 Å². The molecule has 3 aliphatic rings. The first-order chi connectivity index (χ1) is 11.9. The first-order valence-corrected chi connectivity index (χ1v) is 9.62. The van der Waals surface area contributed by atoms with Gasteiger partial charge < -0.3 is 9.64 Å². The van der Waals surface area contributed by atoms with E-state index >= 15 is 0 Å². The Morgan fingerprint density at radius 3 is 2.88 bits per heavy atom. The molecular weight excluding hydrogens is 320 g/mol. The molecular formula is C18H22N4OS. The first kappa shape index (κ1) is 14.8. The summed E-state index contributed by atoms with van der Waals surface area (Å²) in [5, 5.41) is 1.08. The number of rotatable bonds is 4. The summed E-state index contributed by atoms with van der Waals surface area (Å²) in [6, 6.07) is 11.2. The minimum atomic E-state index is 0.288. The summed E-state index contributed by atoms with van der Waals surface area (Å²) in [4.78, 5) is 9.73. The topological polar surface area (TPSA) is 41.5 Å². The van der Waals surface area contributed by atoms with Crippen molar-refractivity contribution in [2.45, 2.75) is 37.5 Å². The SMILES string of the molecule is c1ccc(CN2CCOC3CN(c4nc(C5CC5)ns4)CC32)cc1. The molecule has 2 aliphatic heterocycles. The molecule has 1 saturated carbocycles. The fourth-order valence-electron chi connectivity index (χ4n) is 3.79. The van der Waals surface area contributed by atoms with Crippen molar-refractivity contribution in [3.8, 4) is 0 Å². The zero-order valence-electron chi connectivity index (χ0n) is 13.7. The average Bonchev–Trinajstić information content (AvgIpc) is 3.18. The Kier molecular flexibility index (Phi) is 3.76. The molecule has 1 aromatic carbocycles. The van der Waals surface area contributed by atoms with Crippen molar-refractivity contribution in [3.63, 3.8) is 0 Å². The van der Waals surface area contributed by atoms with Crippen LogP contribution in [-0.4, -0.2) is 52.6 Å². The Hall–Kier alpha value is -1.50. The van der Waals surface area contributed by atoms with Crippen molar-refractivity contribution >= 4 is 16.7 Å². The van der Waals surface area contributed by atoms with Crippen LogP contribution < -0.4 is 4.90 Å². The van der Waals surface area contributed by atoms with E-state index in [1.807, 2.05) is 0 Å². The van der Waals surface area contributed by atoms with Crippen LogP contribution in [0.1, 0.15) is 30.1 Å². The van der Waals surface area contributed by atoms with Gasteiger partial charge >= 0.3 is 0 Å². The van der Waals surface area contributed by atoms with E-state index in [0.717, 1.165) is 43.7 Å². The maximum atomic E-state index is 6.06. The molecule has 0 bridgehead atoms. The summed E-state index contributed by atoms with van der Waals surface area (Å²) in [6.07, 6.45) is 2.81. The third-order valence-electron chi connectivity index (χ3n) is 5.29. The lowest BCUT2D eigenvalue weighted by molar-refractivity contribution is -0.0499. The molecule has 6 heteroatoms. The predicted octanol–water partition coefficient (Wildman–Crippen LogP) is 2.51. The summed E-state index contributed by atoms with van der Waals surface area (Å²) < 4.78 is 10.6. The normalized spacial score (nSPS) is 27.4. The quantitative estimate of drug-likeness (QED) is 0.854. The van der Waals surface area contributed by atoms with E-state index in [9.17, 15) is 0 Å². The molecule has 126 valence electrons. The zero-order chi connectivity index (χ0) is 15.9. The van der Waals surface area contributed by atoms with Crippen molar-refractivity contribution in [2.75, 3.05) is 31.1 Å². The highest BCUT2D eigenvalue weighted by Gasteiger charge is 2.41. The summed E-state index contributed by atoms with van der Waals surface area (Å²) in [6.45, 7) is 4.77. The molecule has 3 fully saturated rings. The average molecular weight is 342 g/mol. The van der Waals surface area contributed by atoms with Crippen LogP contribution in [0.25, 0.3) is 0 Å². The Bertz CT molecular complexity index is 702. The van der Waals surface area contributed by atoms with E-state index in [-0.39, 0.29) is 6.10 Å². The van der Waals surface area contributed by atoms with Gasteiger partial charge in [-0.1, -0.05) is 30.3 Å². The second kappa shape index (κ2) is 6.10. The van der Waals surface area contributed by atoms with Crippen LogP contribution in [-0.2, 0) is 11.3 Å². The van der Waals surface area contributed by atoms with Crippen LogP contribution in [0, 0.1) is 0 Å². The molecule has 2 saturated heterocycles. The van der Waals surface area contributed by atoms with Crippen molar-refractivity contribution < 1.29 is 4.74 Å².